The molecule has 4 aromatic rings. The van der Waals surface area contributed by atoms with E-state index in [1.54, 1.807) is 22.9 Å². The maximum absolute atomic E-state index is 13.5. The smallest absolute Gasteiger partial charge is 0.263 e. The van der Waals surface area contributed by atoms with E-state index in [-0.39, 0.29) is 41.7 Å². The topological polar surface area (TPSA) is 210 Å². The number of amides is 5. The van der Waals surface area contributed by atoms with Crippen LogP contribution in [0.2, 0.25) is 0 Å². The summed E-state index contributed by atoms with van der Waals surface area (Å²) in [5, 5.41) is 6.19. The van der Waals surface area contributed by atoms with Crippen molar-refractivity contribution in [3.63, 3.8) is 0 Å². The lowest BCUT2D eigenvalue weighted by atomic mass is 9.96. The van der Waals surface area contributed by atoms with Crippen molar-refractivity contribution in [3.8, 4) is 0 Å². The van der Waals surface area contributed by atoms with Gasteiger partial charge in [0, 0.05) is 108 Å². The van der Waals surface area contributed by atoms with E-state index in [0.29, 0.717) is 40.0 Å². The zero-order valence-electron chi connectivity index (χ0n) is 43.7. The van der Waals surface area contributed by atoms with Gasteiger partial charge in [-0.2, -0.15) is 4.98 Å². The number of Topliss-reactive ketones (excluding diaryl/α,β-unsaturated/α-hetero) is 1. The van der Waals surface area contributed by atoms with Gasteiger partial charge in [-0.15, -0.1) is 0 Å². The van der Waals surface area contributed by atoms with E-state index < -0.39 is 23.8 Å². The molecular weight excluding hydrogens is 955 g/mol. The minimum Gasteiger partial charge on any atom is -0.369 e. The molecule has 20 heteroatoms. The number of fused-ring (bicyclic) bond motifs is 2. The molecule has 1 aromatic carbocycles. The summed E-state index contributed by atoms with van der Waals surface area (Å²) < 4.78 is 1.74. The standard InChI is InChI=1S/C31H42N8O2.C24H29N5O5/c1-21-26-19-33-31(35-29(26)39(24-6-4-5-7-24)30(41)28(21)22(2)40)34-27-9-8-25(18-32-27)38-16-14-37(15-17-38)20-23-10-12-36(3)13-11-23;30-15-27-7-5-16(6-8-27)14-26-9-11-28(12-10-26)17-1-2-18-19(13-17)24(34)29(23(18)33)20-3-4-21(31)25-22(20)32/h8-9,18-19,23-24H,4-7,10-17,20H2,1-3H3,(H,32,33,34,35);1-2,13,15-16,20H,3-12,14H2,(H,25,31,32). The Morgan fingerprint density at radius 1 is 0.720 bits per heavy atom. The van der Waals surface area contributed by atoms with E-state index in [9.17, 15) is 33.6 Å². The van der Waals surface area contributed by atoms with Crippen molar-refractivity contribution in [1.82, 2.24) is 49.3 Å². The first kappa shape index (κ1) is 51.8. The SMILES string of the molecule is CC(=O)c1c(C)c2cnc(Nc3ccc(N4CCN(CC5CCN(C)CC5)CC4)cn3)nc2n(C2CCCC2)c1=O.O=CN1CCC(CN2CCN(c3ccc4c(c3)C(=O)N(C3CCC(=O)NC3=O)C4=O)CC2)CC1. The fourth-order valence-electron chi connectivity index (χ4n) is 12.3. The number of carbonyl (C=O) groups is 6. The van der Waals surface area contributed by atoms with Gasteiger partial charge in [0.05, 0.1) is 28.6 Å². The van der Waals surface area contributed by atoms with E-state index in [2.05, 4.69) is 58.2 Å². The Labute approximate surface area is 437 Å². The Hall–Kier alpha value is -6.64. The number of aromatic nitrogens is 4. The number of likely N-dealkylation sites (tertiary alicyclic amines) is 2. The maximum atomic E-state index is 13.5. The number of hydrogen-bond donors (Lipinski definition) is 2. The summed E-state index contributed by atoms with van der Waals surface area (Å²) in [7, 11) is 2.22. The fourth-order valence-corrected chi connectivity index (χ4v) is 12.3. The zero-order valence-corrected chi connectivity index (χ0v) is 43.7. The average Bonchev–Trinajstić information content (AvgIpc) is 4.03. The molecule has 0 spiro atoms. The number of benzene rings is 1. The number of piperidine rings is 3. The molecule has 7 aliphatic rings. The summed E-state index contributed by atoms with van der Waals surface area (Å²) >= 11 is 0. The number of imide groups is 2. The van der Waals surface area contributed by atoms with Crippen LogP contribution in [-0.4, -0.2) is 185 Å². The van der Waals surface area contributed by atoms with Crippen LogP contribution in [0.1, 0.15) is 114 Å². The Balaban J connectivity index is 0.000000174. The first-order valence-corrected chi connectivity index (χ1v) is 27.2. The summed E-state index contributed by atoms with van der Waals surface area (Å²) in [5.41, 5.74) is 3.86. The highest BCUT2D eigenvalue weighted by molar-refractivity contribution is 6.23. The van der Waals surface area contributed by atoms with Crippen molar-refractivity contribution in [2.24, 2.45) is 11.8 Å². The molecule has 0 radical (unpaired) electrons. The molecule has 398 valence electrons. The van der Waals surface area contributed by atoms with Gasteiger partial charge in [-0.05, 0) is 127 Å². The van der Waals surface area contributed by atoms with Crippen LogP contribution in [0.15, 0.2) is 47.5 Å². The van der Waals surface area contributed by atoms with Crippen LogP contribution < -0.4 is 26.0 Å². The fraction of sp³-hybridized carbons (Fsp3) is 0.564. The molecule has 6 fully saturated rings. The van der Waals surface area contributed by atoms with Crippen molar-refractivity contribution in [2.45, 2.75) is 90.1 Å². The number of nitrogens with zero attached hydrogens (tertiary/aromatic N) is 11. The van der Waals surface area contributed by atoms with Crippen molar-refractivity contribution < 1.29 is 28.8 Å². The Kier molecular flexibility index (Phi) is 15.7. The second kappa shape index (κ2) is 22.7. The summed E-state index contributed by atoms with van der Waals surface area (Å²) in [6.45, 7) is 17.3. The van der Waals surface area contributed by atoms with E-state index in [4.69, 9.17) is 4.98 Å². The molecule has 11 rings (SSSR count). The summed E-state index contributed by atoms with van der Waals surface area (Å²) in [6, 6.07) is 8.45. The predicted molar refractivity (Wildman–Crippen MR) is 285 cm³/mol. The normalized spacial score (nSPS) is 21.9. The van der Waals surface area contributed by atoms with E-state index in [0.717, 1.165) is 145 Å². The number of rotatable bonds is 12. The third-order valence-electron chi connectivity index (χ3n) is 16.8. The molecule has 20 nitrogen and oxygen atoms in total. The molecule has 6 aliphatic heterocycles. The van der Waals surface area contributed by atoms with Gasteiger partial charge < -0.3 is 24.9 Å². The van der Waals surface area contributed by atoms with Gasteiger partial charge in [0.15, 0.2) is 5.78 Å². The Morgan fingerprint density at radius 2 is 1.33 bits per heavy atom. The number of piperazine rings is 2. The van der Waals surface area contributed by atoms with Crippen molar-refractivity contribution in [1.29, 1.82) is 0 Å². The Bertz CT molecular complexity index is 2860. The highest BCUT2D eigenvalue weighted by Crippen LogP contribution is 2.34. The number of ketones is 1. The molecule has 9 heterocycles. The van der Waals surface area contributed by atoms with Gasteiger partial charge in [0.1, 0.15) is 17.5 Å². The maximum Gasteiger partial charge on any atom is 0.263 e. The van der Waals surface area contributed by atoms with Gasteiger partial charge in [0.2, 0.25) is 24.2 Å². The van der Waals surface area contributed by atoms with Crippen LogP contribution in [0.4, 0.5) is 23.1 Å². The molecule has 1 aliphatic carbocycles. The molecular formula is C55H71N13O7. The molecule has 5 amide bonds. The number of aryl methyl sites for hydroxylation is 1. The lowest BCUT2D eigenvalue weighted by Gasteiger charge is -2.39. The quantitative estimate of drug-likeness (QED) is 0.116. The number of hydrogen-bond acceptors (Lipinski definition) is 16. The van der Waals surface area contributed by atoms with Crippen LogP contribution in [-0.2, 0) is 14.4 Å². The van der Waals surface area contributed by atoms with Gasteiger partial charge in [-0.1, -0.05) is 12.8 Å². The minimum atomic E-state index is -0.949. The third-order valence-corrected chi connectivity index (χ3v) is 16.8. The highest BCUT2D eigenvalue weighted by Gasteiger charge is 2.45. The molecule has 2 N–H and O–H groups in total. The van der Waals surface area contributed by atoms with Crippen LogP contribution >= 0.6 is 0 Å². The van der Waals surface area contributed by atoms with Gasteiger partial charge in [0.25, 0.3) is 17.4 Å². The van der Waals surface area contributed by atoms with Crippen molar-refractivity contribution in [3.05, 3.63) is 75.3 Å². The molecule has 3 aromatic heterocycles. The summed E-state index contributed by atoms with van der Waals surface area (Å²) in [4.78, 5) is 115. The van der Waals surface area contributed by atoms with Gasteiger partial charge in [-0.25, -0.2) is 9.97 Å². The van der Waals surface area contributed by atoms with Gasteiger partial charge >= 0.3 is 0 Å². The largest absolute Gasteiger partial charge is 0.369 e. The molecule has 75 heavy (non-hydrogen) atoms. The number of carbonyl (C=O) groups excluding carboxylic acids is 6. The Morgan fingerprint density at radius 3 is 1.93 bits per heavy atom. The van der Waals surface area contributed by atoms with E-state index in [1.165, 1.54) is 39.4 Å². The molecule has 1 unspecified atom stereocenters. The van der Waals surface area contributed by atoms with Crippen molar-refractivity contribution in [2.75, 3.05) is 114 Å². The van der Waals surface area contributed by atoms with Gasteiger partial charge in [-0.3, -0.25) is 58.1 Å². The molecule has 5 saturated heterocycles. The van der Waals surface area contributed by atoms with Crippen LogP contribution in [0.25, 0.3) is 11.0 Å². The van der Waals surface area contributed by atoms with Crippen LogP contribution in [0.3, 0.4) is 0 Å². The zero-order chi connectivity index (χ0) is 52.3. The number of pyridine rings is 2. The lowest BCUT2D eigenvalue weighted by molar-refractivity contribution is -0.136. The predicted octanol–water partition coefficient (Wildman–Crippen LogP) is 4.10. The second-order valence-corrected chi connectivity index (χ2v) is 21.7. The highest BCUT2D eigenvalue weighted by atomic mass is 16.2. The lowest BCUT2D eigenvalue weighted by Crippen LogP contribution is -2.54. The molecule has 1 atom stereocenters. The molecule has 0 bridgehead atoms. The monoisotopic (exact) mass is 1030 g/mol. The van der Waals surface area contributed by atoms with Crippen LogP contribution in [0, 0.1) is 18.8 Å². The first-order valence-electron chi connectivity index (χ1n) is 27.2. The van der Waals surface area contributed by atoms with Crippen LogP contribution in [0.5, 0.6) is 0 Å². The number of nitrogens with one attached hydrogen (secondary N) is 2. The van der Waals surface area contributed by atoms with Crippen molar-refractivity contribution >= 4 is 70.0 Å². The summed E-state index contributed by atoms with van der Waals surface area (Å²) in [6.07, 6.45) is 13.5. The second-order valence-electron chi connectivity index (χ2n) is 21.7. The average molecular weight is 1030 g/mol. The molecule has 1 saturated carbocycles. The minimum absolute atomic E-state index is 0.0497. The van der Waals surface area contributed by atoms with E-state index in [1.807, 2.05) is 30.2 Å². The number of anilines is 4. The summed E-state index contributed by atoms with van der Waals surface area (Å²) in [5.74, 6) is 0.334. The van der Waals surface area contributed by atoms with E-state index >= 15 is 0 Å². The third kappa shape index (κ3) is 11.3. The first-order chi connectivity index (χ1) is 36.3.